The average Bonchev–Trinajstić information content (AvgIpc) is 2.38. The third kappa shape index (κ3) is 4.24. The lowest BCUT2D eigenvalue weighted by molar-refractivity contribution is -0.137. The van der Waals surface area contributed by atoms with E-state index in [4.69, 9.17) is 11.6 Å². The third-order valence-electron chi connectivity index (χ3n) is 3.05. The molecule has 9 heteroatoms. The molecule has 1 aromatic heterocycles. The second-order valence-electron chi connectivity index (χ2n) is 5.40. The van der Waals surface area contributed by atoms with Gasteiger partial charge in [0.1, 0.15) is 18.5 Å². The summed E-state index contributed by atoms with van der Waals surface area (Å²) in [6.45, 7) is 4.90. The van der Waals surface area contributed by atoms with E-state index in [1.807, 2.05) is 6.92 Å². The molecule has 0 aliphatic heterocycles. The Hall–Kier alpha value is -1.59. The zero-order chi connectivity index (χ0) is 17.4. The van der Waals surface area contributed by atoms with Gasteiger partial charge in [-0.2, -0.15) is 18.2 Å². The quantitative estimate of drug-likeness (QED) is 0.646. The van der Waals surface area contributed by atoms with Crippen molar-refractivity contribution in [2.75, 3.05) is 18.6 Å². The van der Waals surface area contributed by atoms with Crippen LogP contribution < -0.4 is 10.6 Å². The topological polar surface area (TPSA) is 54.9 Å². The van der Waals surface area contributed by atoms with Crippen molar-refractivity contribution in [1.82, 2.24) is 9.97 Å². The summed E-state index contributed by atoms with van der Waals surface area (Å²) in [5.74, 6) is -0.476. The number of nitrogens with one attached hydrogen (secondary N) is 1. The van der Waals surface area contributed by atoms with Crippen LogP contribution >= 0.6 is 18.7 Å². The molecule has 124 valence electrons. The van der Waals surface area contributed by atoms with Gasteiger partial charge in [-0.15, -0.1) is 0 Å². The number of alkyl halides is 3. The van der Waals surface area contributed by atoms with Gasteiger partial charge in [0.15, 0.2) is 0 Å². The Morgan fingerprint density at radius 3 is 2.48 bits per heavy atom. The highest BCUT2D eigenvalue weighted by Gasteiger charge is 2.35. The molecule has 0 saturated carbocycles. The summed E-state index contributed by atoms with van der Waals surface area (Å²) in [6, 6.07) is 4.96. The molecule has 0 aliphatic rings. The summed E-state index contributed by atoms with van der Waals surface area (Å²) < 4.78 is 51.6. The van der Waals surface area contributed by atoms with Crippen molar-refractivity contribution in [2.24, 2.45) is 0 Å². The second kappa shape index (κ2) is 6.13. The summed E-state index contributed by atoms with van der Waals surface area (Å²) in [4.78, 5) is 6.99. The highest BCUT2D eigenvalue weighted by molar-refractivity contribution is 7.70. The maximum atomic E-state index is 13.1. The molecule has 0 aliphatic carbocycles. The summed E-state index contributed by atoms with van der Waals surface area (Å²) >= 11 is 5.60. The van der Waals surface area contributed by atoms with Gasteiger partial charge in [-0.1, -0.05) is 11.6 Å². The molecule has 0 amide bonds. The van der Waals surface area contributed by atoms with Crippen LogP contribution in [0, 0.1) is 6.92 Å². The van der Waals surface area contributed by atoms with E-state index in [2.05, 4.69) is 15.3 Å². The van der Waals surface area contributed by atoms with E-state index in [0.29, 0.717) is 17.2 Å². The van der Waals surface area contributed by atoms with Crippen molar-refractivity contribution < 1.29 is 17.7 Å². The molecule has 0 unspecified atom stereocenters. The van der Waals surface area contributed by atoms with Gasteiger partial charge in [0.05, 0.1) is 5.69 Å². The van der Waals surface area contributed by atoms with Crippen LogP contribution in [0.15, 0.2) is 24.4 Å². The fourth-order valence-corrected chi connectivity index (χ4v) is 3.34. The minimum atomic E-state index is -4.64. The zero-order valence-corrected chi connectivity index (χ0v) is 14.2. The van der Waals surface area contributed by atoms with E-state index >= 15 is 0 Å². The minimum Gasteiger partial charge on any atom is -0.339 e. The number of nitrogens with zero attached hydrogens (tertiary/aromatic N) is 2. The van der Waals surface area contributed by atoms with Gasteiger partial charge in [0.2, 0.25) is 5.28 Å². The molecule has 0 radical (unpaired) electrons. The molecule has 2 rings (SSSR count). The predicted octanol–water partition coefficient (Wildman–Crippen LogP) is 4.45. The van der Waals surface area contributed by atoms with E-state index in [9.17, 15) is 17.7 Å². The molecule has 0 saturated heterocycles. The van der Waals surface area contributed by atoms with Gasteiger partial charge in [-0.05, 0) is 44.0 Å². The monoisotopic (exact) mass is 363 g/mol. The first-order valence-electron chi connectivity index (χ1n) is 6.51. The summed E-state index contributed by atoms with van der Waals surface area (Å²) in [6.07, 6.45) is -4.02. The molecule has 2 aromatic rings. The lowest BCUT2D eigenvalue weighted by Crippen LogP contribution is -2.15. The van der Waals surface area contributed by atoms with Gasteiger partial charge in [-0.3, -0.25) is 0 Å². The summed E-state index contributed by atoms with van der Waals surface area (Å²) in [5, 5.41) is 2.72. The highest BCUT2D eigenvalue weighted by Crippen LogP contribution is 2.40. The molecule has 0 fully saturated rings. The molecule has 1 N–H and O–H groups in total. The number of rotatable bonds is 3. The minimum absolute atomic E-state index is 0.296. The van der Waals surface area contributed by atoms with Gasteiger partial charge in [0.25, 0.3) is 0 Å². The molecule has 0 bridgehead atoms. The summed E-state index contributed by atoms with van der Waals surface area (Å²) in [7, 11) is -2.71. The maximum Gasteiger partial charge on any atom is 0.421 e. The van der Waals surface area contributed by atoms with Crippen molar-refractivity contribution in [1.29, 1.82) is 0 Å². The Kier molecular flexibility index (Phi) is 4.74. The van der Waals surface area contributed by atoms with Gasteiger partial charge in [0, 0.05) is 11.5 Å². The number of anilines is 2. The Balaban J connectivity index is 2.57. The van der Waals surface area contributed by atoms with E-state index in [1.165, 1.54) is 0 Å². The number of hydrogen-bond acceptors (Lipinski definition) is 4. The van der Waals surface area contributed by atoms with Crippen LogP contribution in [0.1, 0.15) is 11.1 Å². The van der Waals surface area contributed by atoms with Gasteiger partial charge in [-0.25, -0.2) is 4.98 Å². The maximum absolute atomic E-state index is 13.1. The Morgan fingerprint density at radius 1 is 1.26 bits per heavy atom. The highest BCUT2D eigenvalue weighted by atomic mass is 35.5. The normalized spacial score (nSPS) is 12.3. The van der Waals surface area contributed by atoms with Crippen molar-refractivity contribution >= 4 is 35.6 Å². The molecule has 0 atom stereocenters. The second-order valence-corrected chi connectivity index (χ2v) is 8.92. The van der Waals surface area contributed by atoms with E-state index < -0.39 is 24.7 Å². The fraction of sp³-hybridized carbons (Fsp3) is 0.286. The van der Waals surface area contributed by atoms with Crippen LogP contribution in [0.4, 0.5) is 24.7 Å². The zero-order valence-electron chi connectivity index (χ0n) is 12.6. The van der Waals surface area contributed by atoms with Gasteiger partial charge < -0.3 is 9.88 Å². The molecule has 1 heterocycles. The van der Waals surface area contributed by atoms with Crippen LogP contribution in [-0.2, 0) is 10.7 Å². The standard InChI is InChI=1S/C14H14ClF3N3OP/c1-8-4-5-10(11(6-8)23(2,3)22)20-12-9(14(16,17)18)7-19-13(15)21-12/h4-7H,1-3H3,(H,19,20,21). The molecule has 0 spiro atoms. The molecular formula is C14H14ClF3N3OP. The van der Waals surface area contributed by atoms with Crippen LogP contribution in [0.2, 0.25) is 5.28 Å². The van der Waals surface area contributed by atoms with Crippen molar-refractivity contribution in [2.45, 2.75) is 13.1 Å². The van der Waals surface area contributed by atoms with Crippen LogP contribution in [-0.4, -0.2) is 23.3 Å². The number of aromatic nitrogens is 2. The number of aryl methyl sites for hydroxylation is 1. The Bertz CT molecular complexity index is 789. The first-order chi connectivity index (χ1) is 10.5. The first-order valence-corrected chi connectivity index (χ1v) is 9.49. The van der Waals surface area contributed by atoms with E-state index in [1.54, 1.807) is 31.5 Å². The Morgan fingerprint density at radius 2 is 1.91 bits per heavy atom. The molecule has 23 heavy (non-hydrogen) atoms. The van der Waals surface area contributed by atoms with Crippen LogP contribution in [0.3, 0.4) is 0 Å². The fourth-order valence-electron chi connectivity index (χ4n) is 1.98. The van der Waals surface area contributed by atoms with Gasteiger partial charge >= 0.3 is 6.18 Å². The van der Waals surface area contributed by atoms with Crippen molar-refractivity contribution in [3.8, 4) is 0 Å². The molecule has 1 aromatic carbocycles. The SMILES string of the molecule is Cc1ccc(Nc2nc(Cl)ncc2C(F)(F)F)c(P(C)(C)=O)c1. The largest absolute Gasteiger partial charge is 0.421 e. The Labute approximate surface area is 136 Å². The van der Waals surface area contributed by atoms with E-state index in [0.717, 1.165) is 5.56 Å². The lowest BCUT2D eigenvalue weighted by atomic mass is 10.2. The van der Waals surface area contributed by atoms with Crippen LogP contribution in [0.25, 0.3) is 0 Å². The van der Waals surface area contributed by atoms with E-state index in [-0.39, 0.29) is 5.28 Å². The molecular weight excluding hydrogens is 350 g/mol. The predicted molar refractivity (Wildman–Crippen MR) is 85.6 cm³/mol. The van der Waals surface area contributed by atoms with Crippen LogP contribution in [0.5, 0.6) is 0 Å². The number of benzene rings is 1. The molecule has 4 nitrogen and oxygen atoms in total. The lowest BCUT2D eigenvalue weighted by Gasteiger charge is -2.18. The average molecular weight is 364 g/mol. The third-order valence-corrected chi connectivity index (χ3v) is 4.76. The number of halogens is 4. The smallest absolute Gasteiger partial charge is 0.339 e. The number of hydrogen-bond donors (Lipinski definition) is 1. The first kappa shape index (κ1) is 17.8. The van der Waals surface area contributed by atoms with Crippen molar-refractivity contribution in [3.63, 3.8) is 0 Å². The summed E-state index contributed by atoms with van der Waals surface area (Å²) in [5.41, 5.74) is 0.103. The van der Waals surface area contributed by atoms with Crippen molar-refractivity contribution in [3.05, 3.63) is 40.8 Å².